The van der Waals surface area contributed by atoms with Gasteiger partial charge >= 0.3 is 5.97 Å². The summed E-state index contributed by atoms with van der Waals surface area (Å²) in [5, 5.41) is 1.08. The third kappa shape index (κ3) is 11.6. The lowest BCUT2D eigenvalue weighted by Crippen LogP contribution is -2.37. The Labute approximate surface area is 206 Å². The first-order chi connectivity index (χ1) is 14.1. The summed E-state index contributed by atoms with van der Waals surface area (Å²) >= 11 is 10.4. The highest BCUT2D eigenvalue weighted by atomic mass is 79.9. The summed E-state index contributed by atoms with van der Waals surface area (Å²) < 4.78 is 7.57. The minimum Gasteiger partial charge on any atom is -0.459 e. The predicted octanol–water partition coefficient (Wildman–Crippen LogP) is 7.22. The van der Waals surface area contributed by atoms with Crippen LogP contribution in [0.15, 0.2) is 57.5 Å². The molecule has 0 fully saturated rings. The van der Waals surface area contributed by atoms with Crippen LogP contribution in [0.5, 0.6) is 0 Å². The van der Waals surface area contributed by atoms with Gasteiger partial charge in [-0.25, -0.2) is 0 Å². The number of aryl methyl sites for hydroxylation is 2. The summed E-state index contributed by atoms with van der Waals surface area (Å²) in [5.41, 5.74) is 8.00. The molecule has 0 radical (unpaired) electrons. The van der Waals surface area contributed by atoms with E-state index < -0.39 is 11.6 Å². The maximum atomic E-state index is 11.7. The lowest BCUT2D eigenvalue weighted by Gasteiger charge is -2.22. The van der Waals surface area contributed by atoms with Crippen LogP contribution in [-0.4, -0.2) is 22.9 Å². The van der Waals surface area contributed by atoms with E-state index >= 15 is 0 Å². The second kappa shape index (κ2) is 14.4. The van der Waals surface area contributed by atoms with Crippen molar-refractivity contribution in [2.45, 2.75) is 64.5 Å². The van der Waals surface area contributed by atoms with Crippen LogP contribution in [0, 0.1) is 0 Å². The van der Waals surface area contributed by atoms with Crippen LogP contribution in [0.25, 0.3) is 0 Å². The molecule has 1 atom stereocenters. The molecule has 1 unspecified atom stereocenters. The molecule has 0 aliphatic heterocycles. The summed E-state index contributed by atoms with van der Waals surface area (Å²) in [5.74, 6) is -0.320. The molecule has 0 bridgehead atoms. The Kier molecular flexibility index (Phi) is 13.1. The summed E-state index contributed by atoms with van der Waals surface area (Å²) in [6.45, 7) is 5.54. The molecular weight excluding hydrogens is 574 g/mol. The quantitative estimate of drug-likeness (QED) is 0.255. The van der Waals surface area contributed by atoms with Crippen molar-refractivity contribution in [2.75, 3.05) is 5.33 Å². The third-order valence-electron chi connectivity index (χ3n) is 4.17. The smallest absolute Gasteiger partial charge is 0.323 e. The molecule has 0 heterocycles. The van der Waals surface area contributed by atoms with Gasteiger partial charge in [0, 0.05) is 14.3 Å². The number of carbonyl (C=O) groups excluding carboxylic acids is 1. The van der Waals surface area contributed by atoms with Crippen molar-refractivity contribution in [1.82, 2.24) is 0 Å². The van der Waals surface area contributed by atoms with Gasteiger partial charge < -0.3 is 10.5 Å². The maximum Gasteiger partial charge on any atom is 0.323 e. The number of esters is 1. The molecule has 2 rings (SSSR count). The van der Waals surface area contributed by atoms with Crippen LogP contribution in [0.1, 0.15) is 51.2 Å². The first kappa shape index (κ1) is 27.3. The Morgan fingerprint density at radius 3 is 1.83 bits per heavy atom. The zero-order valence-electron chi connectivity index (χ0n) is 18.0. The SMILES string of the molecule is BrCCCc1ccccc1Br.CC(C)(C)OC(=O)C(N)CCCc1ccccc1Br. The van der Waals surface area contributed by atoms with Crippen LogP contribution < -0.4 is 5.73 Å². The molecule has 3 nitrogen and oxygen atoms in total. The van der Waals surface area contributed by atoms with Gasteiger partial charge in [-0.05, 0) is 76.1 Å². The topological polar surface area (TPSA) is 52.3 Å². The van der Waals surface area contributed by atoms with Gasteiger partial charge in [0.05, 0.1) is 0 Å². The number of carbonyl (C=O) groups is 1. The number of benzene rings is 2. The highest BCUT2D eigenvalue weighted by molar-refractivity contribution is 9.11. The van der Waals surface area contributed by atoms with Crippen LogP contribution in [-0.2, 0) is 22.4 Å². The lowest BCUT2D eigenvalue weighted by atomic mass is 10.0. The van der Waals surface area contributed by atoms with Gasteiger partial charge in [-0.3, -0.25) is 4.79 Å². The van der Waals surface area contributed by atoms with E-state index in [1.807, 2.05) is 45.0 Å². The van der Waals surface area contributed by atoms with Crippen molar-refractivity contribution in [3.63, 3.8) is 0 Å². The van der Waals surface area contributed by atoms with Crippen LogP contribution >= 0.6 is 47.8 Å². The molecule has 0 aliphatic rings. The molecular formula is C24H32Br3NO2. The molecule has 0 saturated carbocycles. The first-order valence-electron chi connectivity index (χ1n) is 10.1. The van der Waals surface area contributed by atoms with Gasteiger partial charge in [0.2, 0.25) is 0 Å². The van der Waals surface area contributed by atoms with Gasteiger partial charge in [0.25, 0.3) is 0 Å². The number of nitrogens with two attached hydrogens (primary N) is 1. The fourth-order valence-corrected chi connectivity index (χ4v) is 3.91. The molecule has 2 aromatic rings. The predicted molar refractivity (Wildman–Crippen MR) is 137 cm³/mol. The molecule has 6 heteroatoms. The van der Waals surface area contributed by atoms with E-state index in [1.165, 1.54) is 22.0 Å². The highest BCUT2D eigenvalue weighted by Gasteiger charge is 2.21. The summed E-state index contributed by atoms with van der Waals surface area (Å²) in [4.78, 5) is 11.7. The fraction of sp³-hybridized carbons (Fsp3) is 0.458. The average Bonchev–Trinajstić information content (AvgIpc) is 2.68. The second-order valence-corrected chi connectivity index (χ2v) is 10.5. The van der Waals surface area contributed by atoms with E-state index in [2.05, 4.69) is 72.1 Å². The van der Waals surface area contributed by atoms with E-state index in [0.29, 0.717) is 6.42 Å². The van der Waals surface area contributed by atoms with Crippen molar-refractivity contribution in [1.29, 1.82) is 0 Å². The molecule has 30 heavy (non-hydrogen) atoms. The fourth-order valence-electron chi connectivity index (χ4n) is 2.67. The largest absolute Gasteiger partial charge is 0.459 e. The first-order valence-corrected chi connectivity index (χ1v) is 12.9. The monoisotopic (exact) mass is 603 g/mol. The van der Waals surface area contributed by atoms with Crippen molar-refractivity contribution < 1.29 is 9.53 Å². The van der Waals surface area contributed by atoms with E-state index in [1.54, 1.807) is 0 Å². The minimum atomic E-state index is -0.540. The molecule has 0 aromatic heterocycles. The number of hydrogen-bond donors (Lipinski definition) is 1. The van der Waals surface area contributed by atoms with Crippen molar-refractivity contribution in [3.05, 3.63) is 68.6 Å². The average molecular weight is 606 g/mol. The zero-order valence-corrected chi connectivity index (χ0v) is 22.7. The zero-order chi connectivity index (χ0) is 22.6. The minimum absolute atomic E-state index is 0.320. The normalized spacial score (nSPS) is 12.0. The summed E-state index contributed by atoms with van der Waals surface area (Å²) in [6, 6.07) is 15.9. The van der Waals surface area contributed by atoms with Gasteiger partial charge in [-0.2, -0.15) is 0 Å². The van der Waals surface area contributed by atoms with E-state index in [4.69, 9.17) is 10.5 Å². The summed E-state index contributed by atoms with van der Waals surface area (Å²) in [7, 11) is 0. The van der Waals surface area contributed by atoms with Crippen LogP contribution in [0.4, 0.5) is 0 Å². The third-order valence-corrected chi connectivity index (χ3v) is 6.27. The Balaban J connectivity index is 0.000000346. The molecule has 0 saturated heterocycles. The van der Waals surface area contributed by atoms with Crippen LogP contribution in [0.3, 0.4) is 0 Å². The van der Waals surface area contributed by atoms with Gasteiger partial charge in [-0.1, -0.05) is 84.2 Å². The van der Waals surface area contributed by atoms with Crippen molar-refractivity contribution in [3.8, 4) is 0 Å². The van der Waals surface area contributed by atoms with Crippen LogP contribution in [0.2, 0.25) is 0 Å². The Morgan fingerprint density at radius 2 is 1.40 bits per heavy atom. The molecule has 2 N–H and O–H groups in total. The number of alkyl halides is 1. The van der Waals surface area contributed by atoms with Crippen molar-refractivity contribution >= 4 is 53.8 Å². The molecule has 166 valence electrons. The van der Waals surface area contributed by atoms with Gasteiger partial charge in [0.1, 0.15) is 11.6 Å². The van der Waals surface area contributed by atoms with E-state index in [0.717, 1.165) is 29.1 Å². The molecule has 0 spiro atoms. The number of rotatable bonds is 8. The lowest BCUT2D eigenvalue weighted by molar-refractivity contribution is -0.156. The Bertz CT molecular complexity index is 775. The molecule has 2 aromatic carbocycles. The van der Waals surface area contributed by atoms with E-state index in [9.17, 15) is 4.79 Å². The molecule has 0 aliphatic carbocycles. The molecule has 0 amide bonds. The Hall–Kier alpha value is -0.690. The maximum absolute atomic E-state index is 11.7. The Morgan fingerprint density at radius 1 is 0.933 bits per heavy atom. The van der Waals surface area contributed by atoms with Crippen molar-refractivity contribution in [2.24, 2.45) is 5.73 Å². The highest BCUT2D eigenvalue weighted by Crippen LogP contribution is 2.19. The number of halogens is 3. The summed E-state index contributed by atoms with van der Waals surface area (Å²) in [6.07, 6.45) is 4.74. The number of ether oxygens (including phenoxy) is 1. The van der Waals surface area contributed by atoms with Gasteiger partial charge in [-0.15, -0.1) is 0 Å². The second-order valence-electron chi connectivity index (χ2n) is 8.01. The van der Waals surface area contributed by atoms with Gasteiger partial charge in [0.15, 0.2) is 0 Å². The number of hydrogen-bond acceptors (Lipinski definition) is 3. The van der Waals surface area contributed by atoms with E-state index in [-0.39, 0.29) is 5.97 Å². The standard InChI is InChI=1S/C15H22BrNO2.C9H10Br2/c1-15(2,3)19-14(18)13(17)10-6-8-11-7-4-5-9-12(11)16;10-7-3-5-8-4-1-2-6-9(8)11/h4-5,7,9,13H,6,8,10,17H2,1-3H3;1-2,4,6H,3,5,7H2.